The Hall–Kier alpha value is -0.120. The summed E-state index contributed by atoms with van der Waals surface area (Å²) in [4.78, 5) is 2.37. The van der Waals surface area contributed by atoms with Crippen LogP contribution in [0, 0.1) is 23.2 Å². The number of β-amino-alcohol motifs (C(OH)–C–C–N with tert-alkyl or cyclic N) is 1. The minimum Gasteiger partial charge on any atom is -0.389 e. The van der Waals surface area contributed by atoms with Crippen molar-refractivity contribution in [3.05, 3.63) is 0 Å². The Morgan fingerprint density at radius 1 is 1.00 bits per heavy atom. The minimum absolute atomic E-state index is 0.294. The van der Waals surface area contributed by atoms with Gasteiger partial charge in [0.15, 0.2) is 0 Å². The zero-order valence-corrected chi connectivity index (χ0v) is 13.3. The van der Waals surface area contributed by atoms with Crippen LogP contribution in [0.25, 0.3) is 0 Å². The Kier molecular flexibility index (Phi) is 4.01. The summed E-state index contributed by atoms with van der Waals surface area (Å²) in [6, 6.07) is 0. The molecule has 1 aliphatic heterocycles. The van der Waals surface area contributed by atoms with Crippen LogP contribution < -0.4 is 0 Å². The fourth-order valence-electron chi connectivity index (χ4n) is 6.19. The van der Waals surface area contributed by atoms with Gasteiger partial charge in [-0.05, 0) is 87.6 Å². The highest BCUT2D eigenvalue weighted by Crippen LogP contribution is 2.60. The molecular formula is C18H31NO2. The molecule has 5 rings (SSSR count). The maximum absolute atomic E-state index is 10.2. The second-order valence-corrected chi connectivity index (χ2v) is 8.59. The molecule has 1 saturated heterocycles. The van der Waals surface area contributed by atoms with E-state index in [4.69, 9.17) is 4.74 Å². The van der Waals surface area contributed by atoms with Gasteiger partial charge in [0.05, 0.1) is 19.3 Å². The third kappa shape index (κ3) is 3.16. The average Bonchev–Trinajstić information content (AvgIpc) is 2.89. The minimum atomic E-state index is -0.294. The molecule has 3 nitrogen and oxygen atoms in total. The van der Waals surface area contributed by atoms with Crippen LogP contribution in [0.1, 0.15) is 51.4 Å². The SMILES string of the molecule is O[C@H](COCC12CC3CC(CC(C3)C1)C2)CN1CCCC1. The first-order chi connectivity index (χ1) is 10.2. The Balaban J connectivity index is 1.23. The number of likely N-dealkylation sites (tertiary alicyclic amines) is 1. The lowest BCUT2D eigenvalue weighted by Crippen LogP contribution is -2.48. The van der Waals surface area contributed by atoms with Gasteiger partial charge in [-0.2, -0.15) is 0 Å². The molecule has 5 aliphatic rings. The standard InChI is InChI=1S/C18H31NO2/c20-17(11-19-3-1-2-4-19)12-21-13-18-8-14-5-15(9-18)7-16(6-14)10-18/h14-17,20H,1-13H2/t14?,15?,16?,17-,18?/m0/s1. The molecular weight excluding hydrogens is 262 g/mol. The Morgan fingerprint density at radius 2 is 1.57 bits per heavy atom. The molecule has 120 valence electrons. The number of hydrogen-bond acceptors (Lipinski definition) is 3. The fourth-order valence-corrected chi connectivity index (χ4v) is 6.19. The molecule has 0 aromatic rings. The number of aliphatic hydroxyl groups excluding tert-OH is 1. The van der Waals surface area contributed by atoms with Crippen molar-refractivity contribution >= 4 is 0 Å². The summed E-state index contributed by atoms with van der Waals surface area (Å²) < 4.78 is 6.01. The molecule has 1 atom stereocenters. The smallest absolute Gasteiger partial charge is 0.0900 e. The van der Waals surface area contributed by atoms with Gasteiger partial charge in [-0.25, -0.2) is 0 Å². The molecule has 0 unspecified atom stereocenters. The molecule has 3 heteroatoms. The second-order valence-electron chi connectivity index (χ2n) is 8.59. The monoisotopic (exact) mass is 293 g/mol. The van der Waals surface area contributed by atoms with E-state index in [1.54, 1.807) is 0 Å². The van der Waals surface area contributed by atoms with Gasteiger partial charge in [0.1, 0.15) is 0 Å². The van der Waals surface area contributed by atoms with E-state index in [2.05, 4.69) is 4.90 Å². The summed E-state index contributed by atoms with van der Waals surface area (Å²) in [6.45, 7) is 4.57. The van der Waals surface area contributed by atoms with E-state index in [1.165, 1.54) is 51.4 Å². The topological polar surface area (TPSA) is 32.7 Å². The van der Waals surface area contributed by atoms with Crippen molar-refractivity contribution in [3.63, 3.8) is 0 Å². The van der Waals surface area contributed by atoms with Crippen molar-refractivity contribution < 1.29 is 9.84 Å². The first-order valence-electron chi connectivity index (χ1n) is 9.19. The summed E-state index contributed by atoms with van der Waals surface area (Å²) in [5.41, 5.74) is 0.488. The van der Waals surface area contributed by atoms with Gasteiger partial charge >= 0.3 is 0 Å². The molecule has 5 fully saturated rings. The van der Waals surface area contributed by atoms with E-state index in [0.29, 0.717) is 12.0 Å². The van der Waals surface area contributed by atoms with E-state index in [9.17, 15) is 5.11 Å². The van der Waals surface area contributed by atoms with E-state index < -0.39 is 0 Å². The van der Waals surface area contributed by atoms with Crippen LogP contribution in [-0.2, 0) is 4.74 Å². The van der Waals surface area contributed by atoms with Crippen molar-refractivity contribution in [2.24, 2.45) is 23.2 Å². The van der Waals surface area contributed by atoms with Crippen molar-refractivity contribution in [2.75, 3.05) is 32.8 Å². The van der Waals surface area contributed by atoms with Crippen LogP contribution >= 0.6 is 0 Å². The number of rotatable bonds is 6. The molecule has 4 bridgehead atoms. The molecule has 0 aromatic heterocycles. The first kappa shape index (κ1) is 14.5. The van der Waals surface area contributed by atoms with Crippen LogP contribution in [0.3, 0.4) is 0 Å². The third-order valence-corrected chi connectivity index (χ3v) is 6.55. The van der Waals surface area contributed by atoms with E-state index in [-0.39, 0.29) is 6.10 Å². The van der Waals surface area contributed by atoms with Crippen LogP contribution in [0.5, 0.6) is 0 Å². The van der Waals surface area contributed by atoms with Gasteiger partial charge in [-0.1, -0.05) is 0 Å². The summed E-state index contributed by atoms with van der Waals surface area (Å²) in [5, 5.41) is 10.2. The van der Waals surface area contributed by atoms with Crippen molar-refractivity contribution in [2.45, 2.75) is 57.5 Å². The maximum Gasteiger partial charge on any atom is 0.0900 e. The Morgan fingerprint density at radius 3 is 2.14 bits per heavy atom. The molecule has 1 heterocycles. The predicted molar refractivity (Wildman–Crippen MR) is 83.1 cm³/mol. The Bertz CT molecular complexity index is 329. The van der Waals surface area contributed by atoms with Gasteiger partial charge in [-0.3, -0.25) is 0 Å². The lowest BCUT2D eigenvalue weighted by Gasteiger charge is -2.56. The lowest BCUT2D eigenvalue weighted by atomic mass is 9.50. The van der Waals surface area contributed by atoms with Gasteiger partial charge in [0.25, 0.3) is 0 Å². The largest absolute Gasteiger partial charge is 0.389 e. The Labute approximate surface area is 129 Å². The number of aliphatic hydroxyl groups is 1. The van der Waals surface area contributed by atoms with E-state index in [1.807, 2.05) is 0 Å². The first-order valence-corrected chi connectivity index (χ1v) is 9.19. The second kappa shape index (κ2) is 5.82. The van der Waals surface area contributed by atoms with Crippen LogP contribution in [0.4, 0.5) is 0 Å². The fraction of sp³-hybridized carbons (Fsp3) is 1.00. The van der Waals surface area contributed by atoms with E-state index >= 15 is 0 Å². The quantitative estimate of drug-likeness (QED) is 0.817. The van der Waals surface area contributed by atoms with Gasteiger partial charge < -0.3 is 14.7 Å². The van der Waals surface area contributed by atoms with Crippen molar-refractivity contribution in [1.82, 2.24) is 4.90 Å². The molecule has 0 aromatic carbocycles. The van der Waals surface area contributed by atoms with Crippen LogP contribution in [0.15, 0.2) is 0 Å². The molecule has 4 saturated carbocycles. The maximum atomic E-state index is 10.2. The molecule has 0 radical (unpaired) electrons. The summed E-state index contributed by atoms with van der Waals surface area (Å²) >= 11 is 0. The predicted octanol–water partition coefficient (Wildman–Crippen LogP) is 2.68. The summed E-state index contributed by atoms with van der Waals surface area (Å²) in [5.74, 6) is 2.98. The van der Waals surface area contributed by atoms with Gasteiger partial charge in [0.2, 0.25) is 0 Å². The molecule has 21 heavy (non-hydrogen) atoms. The zero-order valence-electron chi connectivity index (χ0n) is 13.3. The molecule has 0 amide bonds. The highest BCUT2D eigenvalue weighted by atomic mass is 16.5. The summed E-state index contributed by atoms with van der Waals surface area (Å²) in [7, 11) is 0. The summed E-state index contributed by atoms with van der Waals surface area (Å²) in [6.07, 6.45) is 11.0. The number of hydrogen-bond donors (Lipinski definition) is 1. The highest BCUT2D eigenvalue weighted by Gasteiger charge is 2.50. The van der Waals surface area contributed by atoms with Gasteiger partial charge in [0, 0.05) is 6.54 Å². The van der Waals surface area contributed by atoms with Crippen LogP contribution in [0.2, 0.25) is 0 Å². The highest BCUT2D eigenvalue weighted by molar-refractivity contribution is 5.01. The van der Waals surface area contributed by atoms with Crippen molar-refractivity contribution in [1.29, 1.82) is 0 Å². The van der Waals surface area contributed by atoms with Crippen LogP contribution in [-0.4, -0.2) is 49.0 Å². The number of ether oxygens (including phenoxy) is 1. The number of nitrogens with zero attached hydrogens (tertiary/aromatic N) is 1. The normalized spacial score (nSPS) is 43.6. The average molecular weight is 293 g/mol. The lowest BCUT2D eigenvalue weighted by molar-refractivity contribution is -0.106. The molecule has 4 aliphatic carbocycles. The van der Waals surface area contributed by atoms with Gasteiger partial charge in [-0.15, -0.1) is 0 Å². The third-order valence-electron chi connectivity index (χ3n) is 6.55. The van der Waals surface area contributed by atoms with E-state index in [0.717, 1.165) is 44.0 Å². The molecule has 0 spiro atoms. The zero-order chi connectivity index (χ0) is 14.3. The van der Waals surface area contributed by atoms with Crippen molar-refractivity contribution in [3.8, 4) is 0 Å². The molecule has 1 N–H and O–H groups in total.